The highest BCUT2D eigenvalue weighted by Crippen LogP contribution is 2.09. The zero-order valence-electron chi connectivity index (χ0n) is 12.2. The van der Waals surface area contributed by atoms with E-state index in [0.29, 0.717) is 12.1 Å². The standard InChI is InChI=1S/C17H22N2O2/c1-2-14-6-8-15(9-7-14)17(21)18-12-16(20)13-19-10-4-3-5-11-19/h1,6-9,16,20H,3-5,10-13H2,(H,18,21). The second-order valence-electron chi connectivity index (χ2n) is 5.45. The summed E-state index contributed by atoms with van der Waals surface area (Å²) in [6, 6.07) is 6.86. The number of likely N-dealkylation sites (tertiary alicyclic amines) is 1. The Morgan fingerprint density at radius 1 is 1.29 bits per heavy atom. The molecule has 1 amide bonds. The third kappa shape index (κ3) is 4.89. The average Bonchev–Trinajstić information content (AvgIpc) is 2.53. The molecule has 0 aromatic heterocycles. The SMILES string of the molecule is C#Cc1ccc(C(=O)NCC(O)CN2CCCCC2)cc1. The van der Waals surface area contributed by atoms with Gasteiger partial charge in [0.25, 0.3) is 5.91 Å². The molecular formula is C17H22N2O2. The fourth-order valence-corrected chi connectivity index (χ4v) is 2.53. The number of terminal acetylenes is 1. The van der Waals surface area contributed by atoms with Crippen LogP contribution in [-0.2, 0) is 0 Å². The number of nitrogens with zero attached hydrogens (tertiary/aromatic N) is 1. The van der Waals surface area contributed by atoms with Gasteiger partial charge >= 0.3 is 0 Å². The molecule has 1 aliphatic heterocycles. The minimum atomic E-state index is -0.531. The summed E-state index contributed by atoms with van der Waals surface area (Å²) in [6.45, 7) is 2.97. The maximum Gasteiger partial charge on any atom is 0.251 e. The van der Waals surface area contributed by atoms with Crippen molar-refractivity contribution in [3.8, 4) is 12.3 Å². The van der Waals surface area contributed by atoms with Gasteiger partial charge in [-0.2, -0.15) is 0 Å². The molecule has 1 atom stereocenters. The Morgan fingerprint density at radius 3 is 2.57 bits per heavy atom. The zero-order valence-corrected chi connectivity index (χ0v) is 12.2. The van der Waals surface area contributed by atoms with Crippen molar-refractivity contribution >= 4 is 5.91 Å². The number of carbonyl (C=O) groups excluding carboxylic acids is 1. The van der Waals surface area contributed by atoms with Crippen LogP contribution in [0.2, 0.25) is 0 Å². The molecule has 2 rings (SSSR count). The number of piperidine rings is 1. The molecule has 1 heterocycles. The molecular weight excluding hydrogens is 264 g/mol. The van der Waals surface area contributed by atoms with Gasteiger partial charge in [0.1, 0.15) is 0 Å². The molecule has 4 nitrogen and oxygen atoms in total. The number of hydrogen-bond donors (Lipinski definition) is 2. The number of amides is 1. The van der Waals surface area contributed by atoms with Gasteiger partial charge < -0.3 is 15.3 Å². The molecule has 0 radical (unpaired) electrons. The Morgan fingerprint density at radius 2 is 1.95 bits per heavy atom. The summed E-state index contributed by atoms with van der Waals surface area (Å²) in [7, 11) is 0. The second kappa shape index (κ2) is 7.82. The molecule has 0 saturated carbocycles. The van der Waals surface area contributed by atoms with Crippen molar-refractivity contribution in [2.24, 2.45) is 0 Å². The van der Waals surface area contributed by atoms with Gasteiger partial charge in [-0.25, -0.2) is 0 Å². The molecule has 1 saturated heterocycles. The van der Waals surface area contributed by atoms with Crippen LogP contribution in [0.5, 0.6) is 0 Å². The Bertz CT molecular complexity index is 499. The topological polar surface area (TPSA) is 52.6 Å². The fraction of sp³-hybridized carbons (Fsp3) is 0.471. The van der Waals surface area contributed by atoms with E-state index in [2.05, 4.69) is 16.1 Å². The number of aliphatic hydroxyl groups excluding tert-OH is 1. The first-order chi connectivity index (χ1) is 10.2. The number of β-amino-alcohol motifs (C(OH)–C–C–N with tert-alkyl or cyclic N) is 1. The lowest BCUT2D eigenvalue weighted by molar-refractivity contribution is 0.0831. The summed E-state index contributed by atoms with van der Waals surface area (Å²) in [5.74, 6) is 2.33. The number of hydrogen-bond acceptors (Lipinski definition) is 3. The normalized spacial score (nSPS) is 17.0. The molecule has 1 fully saturated rings. The quantitative estimate of drug-likeness (QED) is 0.801. The van der Waals surface area contributed by atoms with E-state index < -0.39 is 6.10 Å². The van der Waals surface area contributed by atoms with E-state index in [9.17, 15) is 9.90 Å². The van der Waals surface area contributed by atoms with Crippen LogP contribution in [0.25, 0.3) is 0 Å². The number of benzene rings is 1. The molecule has 1 aliphatic rings. The van der Waals surface area contributed by atoms with E-state index in [4.69, 9.17) is 6.42 Å². The highest BCUT2D eigenvalue weighted by atomic mass is 16.3. The second-order valence-corrected chi connectivity index (χ2v) is 5.45. The number of aliphatic hydroxyl groups is 1. The first-order valence-electron chi connectivity index (χ1n) is 7.44. The Labute approximate surface area is 126 Å². The molecule has 112 valence electrons. The van der Waals surface area contributed by atoms with Gasteiger partial charge in [-0.15, -0.1) is 6.42 Å². The molecule has 0 spiro atoms. The monoisotopic (exact) mass is 286 g/mol. The van der Waals surface area contributed by atoms with Crippen molar-refractivity contribution in [3.05, 3.63) is 35.4 Å². The summed E-state index contributed by atoms with van der Waals surface area (Å²) in [6.07, 6.45) is 8.41. The van der Waals surface area contributed by atoms with Crippen LogP contribution in [0.15, 0.2) is 24.3 Å². The summed E-state index contributed by atoms with van der Waals surface area (Å²) in [5, 5.41) is 12.8. The maximum absolute atomic E-state index is 12.0. The highest BCUT2D eigenvalue weighted by Gasteiger charge is 2.15. The summed E-state index contributed by atoms with van der Waals surface area (Å²) < 4.78 is 0. The molecule has 1 unspecified atom stereocenters. The lowest BCUT2D eigenvalue weighted by atomic mass is 10.1. The van der Waals surface area contributed by atoms with Crippen molar-refractivity contribution in [1.82, 2.24) is 10.2 Å². The minimum absolute atomic E-state index is 0.184. The van der Waals surface area contributed by atoms with Crippen molar-refractivity contribution in [3.63, 3.8) is 0 Å². The van der Waals surface area contributed by atoms with Crippen molar-refractivity contribution in [2.75, 3.05) is 26.2 Å². The lowest BCUT2D eigenvalue weighted by Gasteiger charge is -2.28. The number of nitrogens with one attached hydrogen (secondary N) is 1. The predicted octanol–water partition coefficient (Wildman–Crippen LogP) is 1.24. The molecule has 0 bridgehead atoms. The fourth-order valence-electron chi connectivity index (χ4n) is 2.53. The van der Waals surface area contributed by atoms with E-state index in [-0.39, 0.29) is 12.5 Å². The van der Waals surface area contributed by atoms with Gasteiger partial charge in [-0.05, 0) is 50.2 Å². The van der Waals surface area contributed by atoms with Gasteiger partial charge in [-0.3, -0.25) is 4.79 Å². The maximum atomic E-state index is 12.0. The minimum Gasteiger partial charge on any atom is -0.390 e. The van der Waals surface area contributed by atoms with Gasteiger partial charge in [0, 0.05) is 24.2 Å². The van der Waals surface area contributed by atoms with E-state index in [1.807, 2.05) is 0 Å². The summed E-state index contributed by atoms with van der Waals surface area (Å²) in [5.41, 5.74) is 1.30. The van der Waals surface area contributed by atoms with E-state index in [0.717, 1.165) is 18.7 Å². The van der Waals surface area contributed by atoms with Gasteiger partial charge in [0.2, 0.25) is 0 Å². The van der Waals surface area contributed by atoms with Crippen LogP contribution >= 0.6 is 0 Å². The number of rotatable bonds is 5. The molecule has 0 aliphatic carbocycles. The number of carbonyl (C=O) groups is 1. The Hall–Kier alpha value is -1.83. The van der Waals surface area contributed by atoms with Crippen LogP contribution in [0.1, 0.15) is 35.2 Å². The predicted molar refractivity (Wildman–Crippen MR) is 83.0 cm³/mol. The van der Waals surface area contributed by atoms with Gasteiger partial charge in [0.05, 0.1) is 6.10 Å². The van der Waals surface area contributed by atoms with Crippen LogP contribution in [-0.4, -0.2) is 48.2 Å². The lowest BCUT2D eigenvalue weighted by Crippen LogP contribution is -2.42. The first kappa shape index (κ1) is 15.6. The largest absolute Gasteiger partial charge is 0.390 e. The van der Waals surface area contributed by atoms with E-state index >= 15 is 0 Å². The van der Waals surface area contributed by atoms with Crippen molar-refractivity contribution in [1.29, 1.82) is 0 Å². The third-order valence-electron chi connectivity index (χ3n) is 3.73. The van der Waals surface area contributed by atoms with Gasteiger partial charge in [-0.1, -0.05) is 12.3 Å². The Kier molecular flexibility index (Phi) is 5.79. The zero-order chi connectivity index (χ0) is 15.1. The Balaban J connectivity index is 1.75. The van der Waals surface area contributed by atoms with Crippen LogP contribution in [0, 0.1) is 12.3 Å². The summed E-state index contributed by atoms with van der Waals surface area (Å²) in [4.78, 5) is 14.2. The molecule has 21 heavy (non-hydrogen) atoms. The van der Waals surface area contributed by atoms with E-state index in [1.54, 1.807) is 24.3 Å². The highest BCUT2D eigenvalue weighted by molar-refractivity contribution is 5.94. The first-order valence-corrected chi connectivity index (χ1v) is 7.44. The molecule has 2 N–H and O–H groups in total. The van der Waals surface area contributed by atoms with Gasteiger partial charge in [0.15, 0.2) is 0 Å². The van der Waals surface area contributed by atoms with Crippen LogP contribution in [0.4, 0.5) is 0 Å². The van der Waals surface area contributed by atoms with Crippen molar-refractivity contribution in [2.45, 2.75) is 25.4 Å². The third-order valence-corrected chi connectivity index (χ3v) is 3.73. The van der Waals surface area contributed by atoms with Crippen molar-refractivity contribution < 1.29 is 9.90 Å². The van der Waals surface area contributed by atoms with Crippen LogP contribution < -0.4 is 5.32 Å². The van der Waals surface area contributed by atoms with Crippen LogP contribution in [0.3, 0.4) is 0 Å². The molecule has 1 aromatic rings. The molecule has 1 aromatic carbocycles. The molecule has 4 heteroatoms. The summed E-state index contributed by atoms with van der Waals surface area (Å²) >= 11 is 0. The smallest absolute Gasteiger partial charge is 0.251 e. The van der Waals surface area contributed by atoms with E-state index in [1.165, 1.54) is 19.3 Å². The average molecular weight is 286 g/mol.